The average molecular weight is 241 g/mol. The van der Waals surface area contributed by atoms with Crippen LogP contribution in [0.4, 0.5) is 0 Å². The van der Waals surface area contributed by atoms with Crippen LogP contribution < -0.4 is 0 Å². The number of aromatic nitrogens is 3. The quantitative estimate of drug-likeness (QED) is 0.747. The maximum Gasteiger partial charge on any atom is 0.0946 e. The van der Waals surface area contributed by atoms with E-state index < -0.39 is 0 Å². The number of para-hydroxylation sites is 1. The van der Waals surface area contributed by atoms with Crippen LogP contribution in [-0.4, -0.2) is 26.2 Å². The van der Waals surface area contributed by atoms with Crippen LogP contribution in [0.2, 0.25) is 0 Å². The molecule has 0 atom stereocenters. The molecule has 4 nitrogen and oxygen atoms in total. The van der Waals surface area contributed by atoms with Crippen molar-refractivity contribution >= 4 is 10.9 Å². The van der Waals surface area contributed by atoms with Gasteiger partial charge in [-0.05, 0) is 12.1 Å². The van der Waals surface area contributed by atoms with Gasteiger partial charge in [-0.2, -0.15) is 0 Å². The van der Waals surface area contributed by atoms with Crippen LogP contribution in [0.25, 0.3) is 10.9 Å². The Morgan fingerprint density at radius 1 is 1.06 bits per heavy atom. The van der Waals surface area contributed by atoms with E-state index in [0.717, 1.165) is 5.52 Å². The fourth-order valence-electron chi connectivity index (χ4n) is 1.55. The van der Waals surface area contributed by atoms with Crippen LogP contribution in [0.5, 0.6) is 0 Å². The minimum absolute atomic E-state index is 0.177. The molecule has 18 heavy (non-hydrogen) atoms. The van der Waals surface area contributed by atoms with Gasteiger partial charge in [0.1, 0.15) is 0 Å². The van der Waals surface area contributed by atoms with Gasteiger partial charge in [-0.3, -0.25) is 4.98 Å². The van der Waals surface area contributed by atoms with E-state index in [2.05, 4.69) is 22.1 Å². The Morgan fingerprint density at radius 3 is 2.61 bits per heavy atom. The second kappa shape index (κ2) is 6.51. The lowest BCUT2D eigenvalue weighted by Crippen LogP contribution is -1.97. The average Bonchev–Trinajstić information content (AvgIpc) is 2.93. The van der Waals surface area contributed by atoms with Gasteiger partial charge in [-0.1, -0.05) is 24.3 Å². The summed E-state index contributed by atoms with van der Waals surface area (Å²) in [5.41, 5.74) is 1.06. The largest absolute Gasteiger partial charge is 0.395 e. The molecule has 3 rings (SSSR count). The molecule has 0 saturated heterocycles. The Bertz CT molecular complexity index is 513. The van der Waals surface area contributed by atoms with Crippen molar-refractivity contribution < 1.29 is 5.11 Å². The number of benzene rings is 1. The Morgan fingerprint density at radius 2 is 1.89 bits per heavy atom. The molecular formula is C14H15N3O. The second-order valence-corrected chi connectivity index (χ2v) is 3.72. The van der Waals surface area contributed by atoms with Gasteiger partial charge in [-0.25, -0.2) is 4.98 Å². The summed E-state index contributed by atoms with van der Waals surface area (Å²) in [6.45, 7) is 0.816. The van der Waals surface area contributed by atoms with E-state index in [-0.39, 0.29) is 6.61 Å². The van der Waals surface area contributed by atoms with Gasteiger partial charge in [0.25, 0.3) is 0 Å². The predicted octanol–water partition coefficient (Wildman–Crippen LogP) is 2.11. The number of fused-ring (bicyclic) bond motifs is 1. The van der Waals surface area contributed by atoms with E-state index >= 15 is 0 Å². The number of nitrogens with zero attached hydrogens (tertiary/aromatic N) is 3. The number of hydrogen-bond acceptors (Lipinski definition) is 3. The molecule has 0 amide bonds. The highest BCUT2D eigenvalue weighted by Gasteiger charge is 1.86. The Kier molecular flexibility index (Phi) is 4.44. The van der Waals surface area contributed by atoms with E-state index in [9.17, 15) is 0 Å². The number of aliphatic hydroxyl groups is 1. The van der Waals surface area contributed by atoms with Crippen molar-refractivity contribution in [1.29, 1.82) is 0 Å². The number of imidazole rings is 1. The van der Waals surface area contributed by atoms with Crippen molar-refractivity contribution in [3.63, 3.8) is 0 Å². The first kappa shape index (κ1) is 12.3. The Labute approximate surface area is 106 Å². The van der Waals surface area contributed by atoms with Gasteiger partial charge in [0.2, 0.25) is 0 Å². The van der Waals surface area contributed by atoms with E-state index in [4.69, 9.17) is 5.11 Å². The van der Waals surface area contributed by atoms with Gasteiger partial charge in [0.05, 0.1) is 18.5 Å². The third-order valence-electron chi connectivity index (χ3n) is 2.43. The first-order valence-electron chi connectivity index (χ1n) is 5.76. The second-order valence-electron chi connectivity index (χ2n) is 3.72. The summed E-state index contributed by atoms with van der Waals surface area (Å²) in [7, 11) is 0. The number of aliphatic hydroxyl groups excluding tert-OH is 1. The molecule has 0 aliphatic carbocycles. The SMILES string of the molecule is OCCn1ccnc1.c1ccc2ncccc2c1. The summed E-state index contributed by atoms with van der Waals surface area (Å²) < 4.78 is 1.82. The molecule has 0 unspecified atom stereocenters. The molecule has 2 heterocycles. The lowest BCUT2D eigenvalue weighted by molar-refractivity contribution is 0.276. The van der Waals surface area contributed by atoms with Crippen molar-refractivity contribution in [1.82, 2.24) is 14.5 Å². The summed E-state index contributed by atoms with van der Waals surface area (Å²) in [6.07, 6.45) is 6.99. The van der Waals surface area contributed by atoms with E-state index in [1.165, 1.54) is 5.39 Å². The molecule has 1 N–H and O–H groups in total. The molecule has 0 aliphatic rings. The molecule has 0 radical (unpaired) electrons. The van der Waals surface area contributed by atoms with Crippen LogP contribution in [-0.2, 0) is 6.54 Å². The molecule has 3 aromatic rings. The summed E-state index contributed by atoms with van der Waals surface area (Å²) in [4.78, 5) is 7.97. The zero-order chi connectivity index (χ0) is 12.6. The van der Waals surface area contributed by atoms with E-state index in [1.54, 1.807) is 12.5 Å². The van der Waals surface area contributed by atoms with E-state index in [0.29, 0.717) is 6.54 Å². The standard InChI is InChI=1S/C9H7N.C5H8N2O/c1-2-6-9-8(4-1)5-3-7-10-9;8-4-3-7-2-1-6-5-7/h1-7H;1-2,5,8H,3-4H2. The molecule has 1 aromatic carbocycles. The lowest BCUT2D eigenvalue weighted by atomic mass is 10.2. The normalized spacial score (nSPS) is 9.83. The number of pyridine rings is 1. The summed E-state index contributed by atoms with van der Waals surface area (Å²) in [5.74, 6) is 0. The molecule has 0 bridgehead atoms. The zero-order valence-electron chi connectivity index (χ0n) is 9.98. The first-order chi connectivity index (χ1) is 8.90. The van der Waals surface area contributed by atoms with Gasteiger partial charge in [0.15, 0.2) is 0 Å². The van der Waals surface area contributed by atoms with Crippen molar-refractivity contribution in [3.8, 4) is 0 Å². The van der Waals surface area contributed by atoms with Crippen molar-refractivity contribution in [2.75, 3.05) is 6.61 Å². The van der Waals surface area contributed by atoms with Crippen molar-refractivity contribution in [2.24, 2.45) is 0 Å². The van der Waals surface area contributed by atoms with Crippen molar-refractivity contribution in [3.05, 3.63) is 61.3 Å². The van der Waals surface area contributed by atoms with E-state index in [1.807, 2.05) is 41.2 Å². The molecule has 0 aliphatic heterocycles. The molecular weight excluding hydrogens is 226 g/mol. The zero-order valence-corrected chi connectivity index (χ0v) is 9.98. The summed E-state index contributed by atoms with van der Waals surface area (Å²) in [6, 6.07) is 12.1. The minimum atomic E-state index is 0.177. The number of rotatable bonds is 2. The topological polar surface area (TPSA) is 50.9 Å². The smallest absolute Gasteiger partial charge is 0.0946 e. The lowest BCUT2D eigenvalue weighted by Gasteiger charge is -1.92. The molecule has 0 saturated carbocycles. The minimum Gasteiger partial charge on any atom is -0.395 e. The van der Waals surface area contributed by atoms with Crippen LogP contribution in [0.15, 0.2) is 61.3 Å². The summed E-state index contributed by atoms with van der Waals surface area (Å²) in [5, 5.41) is 9.59. The fourth-order valence-corrected chi connectivity index (χ4v) is 1.55. The highest BCUT2D eigenvalue weighted by atomic mass is 16.3. The molecule has 92 valence electrons. The van der Waals surface area contributed by atoms with Crippen LogP contribution in [0, 0.1) is 0 Å². The number of hydrogen-bond donors (Lipinski definition) is 1. The molecule has 4 heteroatoms. The van der Waals surface area contributed by atoms with Crippen LogP contribution in [0.3, 0.4) is 0 Å². The fraction of sp³-hybridized carbons (Fsp3) is 0.143. The van der Waals surface area contributed by atoms with Gasteiger partial charge in [0, 0.05) is 30.5 Å². The van der Waals surface area contributed by atoms with Crippen molar-refractivity contribution in [2.45, 2.75) is 6.54 Å². The monoisotopic (exact) mass is 241 g/mol. The van der Waals surface area contributed by atoms with Crippen LogP contribution in [0.1, 0.15) is 0 Å². The third-order valence-corrected chi connectivity index (χ3v) is 2.43. The van der Waals surface area contributed by atoms with Gasteiger partial charge < -0.3 is 9.67 Å². The third kappa shape index (κ3) is 3.40. The first-order valence-corrected chi connectivity index (χ1v) is 5.76. The molecule has 2 aromatic heterocycles. The highest BCUT2D eigenvalue weighted by Crippen LogP contribution is 2.07. The van der Waals surface area contributed by atoms with Crippen LogP contribution >= 0.6 is 0 Å². The molecule has 0 spiro atoms. The Balaban J connectivity index is 0.000000138. The maximum absolute atomic E-state index is 8.39. The highest BCUT2D eigenvalue weighted by molar-refractivity contribution is 5.77. The molecule has 0 fully saturated rings. The predicted molar refractivity (Wildman–Crippen MR) is 71.1 cm³/mol. The summed E-state index contributed by atoms with van der Waals surface area (Å²) >= 11 is 0. The van der Waals surface area contributed by atoms with Gasteiger partial charge in [-0.15, -0.1) is 0 Å². The maximum atomic E-state index is 8.39. The van der Waals surface area contributed by atoms with Gasteiger partial charge >= 0.3 is 0 Å². The Hall–Kier alpha value is -2.20.